The molecule has 104 valence electrons. The second-order valence-corrected chi connectivity index (χ2v) is 5.30. The predicted octanol–water partition coefficient (Wildman–Crippen LogP) is 3.59. The lowest BCUT2D eigenvalue weighted by Crippen LogP contribution is -2.28. The predicted molar refractivity (Wildman–Crippen MR) is 81.3 cm³/mol. The third kappa shape index (κ3) is 4.11. The maximum Gasteiger partial charge on any atom is 0.261 e. The highest BCUT2D eigenvalue weighted by atomic mass is 32.2. The van der Waals surface area contributed by atoms with Crippen LogP contribution in [0.1, 0.15) is 17.7 Å². The zero-order chi connectivity index (χ0) is 14.2. The van der Waals surface area contributed by atoms with Crippen LogP contribution >= 0.6 is 11.8 Å². The summed E-state index contributed by atoms with van der Waals surface area (Å²) in [4.78, 5) is 18.3. The number of carbonyl (C=O) groups is 1. The van der Waals surface area contributed by atoms with Crippen LogP contribution in [0.3, 0.4) is 0 Å². The molecule has 2 rings (SSSR count). The average molecular weight is 287 g/mol. The first-order valence-corrected chi connectivity index (χ1v) is 7.37. The number of nitrogens with one attached hydrogen (secondary N) is 1. The van der Waals surface area contributed by atoms with Crippen LogP contribution in [0.4, 0.5) is 0 Å². The minimum absolute atomic E-state index is 0.146. The Balaban J connectivity index is 2.18. The largest absolute Gasteiger partial charge is 0.274 e. The summed E-state index contributed by atoms with van der Waals surface area (Å²) in [6.07, 6.45) is 0. The van der Waals surface area contributed by atoms with E-state index in [0.29, 0.717) is 6.61 Å². The molecule has 4 heteroatoms. The molecular formula is C16H17NO2S. The van der Waals surface area contributed by atoms with Crippen molar-refractivity contribution in [2.24, 2.45) is 0 Å². The van der Waals surface area contributed by atoms with Gasteiger partial charge in [-0.15, -0.1) is 11.8 Å². The molecule has 0 saturated heterocycles. The molecule has 20 heavy (non-hydrogen) atoms. The molecule has 1 unspecified atom stereocenters. The summed E-state index contributed by atoms with van der Waals surface area (Å²) in [5.41, 5.74) is 3.45. The molecule has 0 spiro atoms. The Labute approximate surface area is 123 Å². The summed E-state index contributed by atoms with van der Waals surface area (Å²) in [7, 11) is 0. The number of amides is 1. The second kappa shape index (κ2) is 7.72. The highest BCUT2D eigenvalue weighted by molar-refractivity contribution is 8.00. The summed E-state index contributed by atoms with van der Waals surface area (Å²) >= 11 is 1.51. The van der Waals surface area contributed by atoms with Crippen molar-refractivity contribution in [2.75, 3.05) is 6.61 Å². The summed E-state index contributed by atoms with van der Waals surface area (Å²) < 4.78 is 0. The first kappa shape index (κ1) is 14.6. The minimum Gasteiger partial charge on any atom is -0.274 e. The topological polar surface area (TPSA) is 38.3 Å². The number of thioether (sulfide) groups is 1. The summed E-state index contributed by atoms with van der Waals surface area (Å²) in [6.45, 7) is 2.28. The number of carbonyl (C=O) groups excluding carboxylic acids is 1. The fourth-order valence-electron chi connectivity index (χ4n) is 1.73. The van der Waals surface area contributed by atoms with E-state index >= 15 is 0 Å². The number of rotatable bonds is 6. The fraction of sp³-hybridized carbons (Fsp3) is 0.188. The van der Waals surface area contributed by atoms with Crippen molar-refractivity contribution in [3.05, 3.63) is 66.2 Å². The lowest BCUT2D eigenvalue weighted by atomic mass is 10.1. The molecule has 0 aromatic heterocycles. The van der Waals surface area contributed by atoms with Crippen LogP contribution in [0.15, 0.2) is 65.6 Å². The third-order valence-corrected chi connectivity index (χ3v) is 3.92. The molecule has 0 radical (unpaired) electrons. The van der Waals surface area contributed by atoms with Gasteiger partial charge >= 0.3 is 0 Å². The van der Waals surface area contributed by atoms with Crippen molar-refractivity contribution in [1.82, 2.24) is 5.48 Å². The van der Waals surface area contributed by atoms with Crippen molar-refractivity contribution in [3.8, 4) is 0 Å². The van der Waals surface area contributed by atoms with Crippen molar-refractivity contribution in [2.45, 2.75) is 17.1 Å². The second-order valence-electron chi connectivity index (χ2n) is 4.12. The molecule has 0 aliphatic heterocycles. The van der Waals surface area contributed by atoms with Gasteiger partial charge < -0.3 is 0 Å². The fourth-order valence-corrected chi connectivity index (χ4v) is 2.77. The zero-order valence-corrected chi connectivity index (χ0v) is 12.1. The maximum atomic E-state index is 12.2. The highest BCUT2D eigenvalue weighted by Gasteiger charge is 2.21. The van der Waals surface area contributed by atoms with Gasteiger partial charge in [0.2, 0.25) is 0 Å². The molecule has 0 saturated carbocycles. The molecule has 0 bridgehead atoms. The van der Waals surface area contributed by atoms with Gasteiger partial charge in [0.05, 0.1) is 6.61 Å². The SMILES string of the molecule is CCONC(=O)C(Sc1ccccc1)c1ccccc1. The molecule has 2 aromatic carbocycles. The molecular weight excluding hydrogens is 270 g/mol. The van der Waals surface area contributed by atoms with Crippen molar-refractivity contribution < 1.29 is 9.63 Å². The van der Waals surface area contributed by atoms with Crippen LogP contribution in [-0.2, 0) is 9.63 Å². The molecule has 0 aliphatic carbocycles. The molecule has 1 atom stereocenters. The molecule has 1 N–H and O–H groups in total. The Morgan fingerprint density at radius 2 is 1.70 bits per heavy atom. The van der Waals surface area contributed by atoms with Gasteiger partial charge in [0.25, 0.3) is 5.91 Å². The van der Waals surface area contributed by atoms with Gasteiger partial charge in [-0.05, 0) is 24.6 Å². The summed E-state index contributed by atoms with van der Waals surface area (Å²) in [5.74, 6) is -0.146. The normalized spacial score (nSPS) is 11.8. The Hall–Kier alpha value is -1.78. The van der Waals surface area contributed by atoms with Crippen LogP contribution < -0.4 is 5.48 Å². The van der Waals surface area contributed by atoms with Crippen LogP contribution in [-0.4, -0.2) is 12.5 Å². The lowest BCUT2D eigenvalue weighted by Gasteiger charge is -2.16. The van der Waals surface area contributed by atoms with E-state index in [1.165, 1.54) is 11.8 Å². The van der Waals surface area contributed by atoms with Crippen LogP contribution in [0.5, 0.6) is 0 Å². The van der Waals surface area contributed by atoms with E-state index in [2.05, 4.69) is 5.48 Å². The van der Waals surface area contributed by atoms with E-state index < -0.39 is 0 Å². The molecule has 2 aromatic rings. The van der Waals surface area contributed by atoms with Gasteiger partial charge in [-0.3, -0.25) is 9.63 Å². The first-order chi connectivity index (χ1) is 9.81. The van der Waals surface area contributed by atoms with Gasteiger partial charge in [-0.25, -0.2) is 5.48 Å². The van der Waals surface area contributed by atoms with Crippen LogP contribution in [0.2, 0.25) is 0 Å². The van der Waals surface area contributed by atoms with Gasteiger partial charge in [-0.2, -0.15) is 0 Å². The third-order valence-electron chi connectivity index (χ3n) is 2.65. The molecule has 0 fully saturated rings. The Morgan fingerprint density at radius 3 is 2.30 bits per heavy atom. The van der Waals surface area contributed by atoms with Crippen LogP contribution in [0.25, 0.3) is 0 Å². The smallest absolute Gasteiger partial charge is 0.261 e. The van der Waals surface area contributed by atoms with Gasteiger partial charge in [-0.1, -0.05) is 48.5 Å². The molecule has 1 amide bonds. The number of benzene rings is 2. The number of hydroxylamine groups is 1. The Kier molecular flexibility index (Phi) is 5.65. The van der Waals surface area contributed by atoms with E-state index in [4.69, 9.17) is 4.84 Å². The van der Waals surface area contributed by atoms with Gasteiger partial charge in [0.15, 0.2) is 0 Å². The van der Waals surface area contributed by atoms with Gasteiger partial charge in [0.1, 0.15) is 5.25 Å². The van der Waals surface area contributed by atoms with E-state index in [1.807, 2.05) is 67.6 Å². The van der Waals surface area contributed by atoms with Crippen molar-refractivity contribution >= 4 is 17.7 Å². The highest BCUT2D eigenvalue weighted by Crippen LogP contribution is 2.35. The molecule has 0 heterocycles. The van der Waals surface area contributed by atoms with E-state index in [9.17, 15) is 4.79 Å². The lowest BCUT2D eigenvalue weighted by molar-refractivity contribution is -0.132. The molecule has 0 aliphatic rings. The monoisotopic (exact) mass is 287 g/mol. The minimum atomic E-state index is -0.329. The van der Waals surface area contributed by atoms with Gasteiger partial charge in [0, 0.05) is 4.90 Å². The number of hydrogen-bond acceptors (Lipinski definition) is 3. The summed E-state index contributed by atoms with van der Waals surface area (Å²) in [5, 5.41) is -0.329. The van der Waals surface area contributed by atoms with E-state index in [-0.39, 0.29) is 11.2 Å². The Morgan fingerprint density at radius 1 is 1.10 bits per heavy atom. The average Bonchev–Trinajstić information content (AvgIpc) is 2.52. The zero-order valence-electron chi connectivity index (χ0n) is 11.3. The summed E-state index contributed by atoms with van der Waals surface area (Å²) in [6, 6.07) is 19.6. The Bertz CT molecular complexity index is 531. The number of hydrogen-bond donors (Lipinski definition) is 1. The maximum absolute atomic E-state index is 12.2. The standard InChI is InChI=1S/C16H17NO2S/c1-2-19-17-16(18)15(13-9-5-3-6-10-13)20-14-11-7-4-8-12-14/h3-12,15H,2H2,1H3,(H,17,18). The van der Waals surface area contributed by atoms with Crippen LogP contribution in [0, 0.1) is 0 Å². The quantitative estimate of drug-likeness (QED) is 0.652. The van der Waals surface area contributed by atoms with E-state index in [0.717, 1.165) is 10.5 Å². The first-order valence-electron chi connectivity index (χ1n) is 6.49. The van der Waals surface area contributed by atoms with Crippen molar-refractivity contribution in [1.29, 1.82) is 0 Å². The van der Waals surface area contributed by atoms with E-state index in [1.54, 1.807) is 0 Å². The van der Waals surface area contributed by atoms with Crippen molar-refractivity contribution in [3.63, 3.8) is 0 Å². The molecule has 3 nitrogen and oxygen atoms in total.